The fraction of sp³-hybridized carbons (Fsp3) is 0.391. The van der Waals surface area contributed by atoms with Crippen LogP contribution in [0.3, 0.4) is 0 Å². The lowest BCUT2D eigenvalue weighted by atomic mass is 9.93. The van der Waals surface area contributed by atoms with Gasteiger partial charge in [-0.15, -0.1) is 0 Å². The molecule has 1 atom stereocenters. The van der Waals surface area contributed by atoms with Gasteiger partial charge in [0.1, 0.15) is 0 Å². The van der Waals surface area contributed by atoms with E-state index in [0.29, 0.717) is 5.92 Å². The summed E-state index contributed by atoms with van der Waals surface area (Å²) in [5.74, 6) is 0.609. The van der Waals surface area contributed by atoms with Crippen LogP contribution in [0, 0.1) is 5.92 Å². The van der Waals surface area contributed by atoms with Crippen molar-refractivity contribution in [2.45, 2.75) is 25.7 Å². The minimum atomic E-state index is -0.0689. The van der Waals surface area contributed by atoms with Crippen molar-refractivity contribution in [3.8, 4) is 0 Å². The number of nitrogens with one attached hydrogen (secondary N) is 1. The summed E-state index contributed by atoms with van der Waals surface area (Å²) in [6.45, 7) is 4.81. The van der Waals surface area contributed by atoms with Crippen LogP contribution in [-0.2, 0) is 9.59 Å². The molecule has 1 N–H and O–H groups in total. The van der Waals surface area contributed by atoms with Crippen LogP contribution in [-0.4, -0.2) is 42.9 Å². The lowest BCUT2D eigenvalue weighted by Gasteiger charge is -2.35. The van der Waals surface area contributed by atoms with Crippen LogP contribution in [0.25, 0.3) is 0 Å². The van der Waals surface area contributed by atoms with Gasteiger partial charge >= 0.3 is 0 Å². The Bertz CT molecular complexity index is 823. The Labute approximate surface area is 166 Å². The van der Waals surface area contributed by atoms with Gasteiger partial charge in [0, 0.05) is 44.5 Å². The van der Waals surface area contributed by atoms with E-state index >= 15 is 0 Å². The number of carbonyl (C=O) groups excluding carboxylic acids is 2. The zero-order valence-electron chi connectivity index (χ0n) is 16.3. The highest BCUT2D eigenvalue weighted by Crippen LogP contribution is 2.43. The third kappa shape index (κ3) is 4.19. The maximum Gasteiger partial charge on any atom is 0.232 e. The standard InChI is InChI=1S/C23H27N3O2/c1-17(27)25-13-15-26(16-14-25)21-11-9-20(10-12-21)24-23(28)22(19-7-8-19)18-5-3-2-4-6-18/h2-6,9-12,19,22H,7-8,13-16H2,1H3,(H,24,28). The predicted octanol–water partition coefficient (Wildman–Crippen LogP) is 3.49. The van der Waals surface area contributed by atoms with Crippen molar-refractivity contribution in [3.63, 3.8) is 0 Å². The minimum Gasteiger partial charge on any atom is -0.368 e. The summed E-state index contributed by atoms with van der Waals surface area (Å²) < 4.78 is 0. The van der Waals surface area contributed by atoms with Gasteiger partial charge in [-0.2, -0.15) is 0 Å². The predicted molar refractivity (Wildman–Crippen MR) is 111 cm³/mol. The first-order chi connectivity index (χ1) is 13.6. The fourth-order valence-electron chi connectivity index (χ4n) is 3.98. The van der Waals surface area contributed by atoms with Crippen LogP contribution in [0.2, 0.25) is 0 Å². The number of hydrogen-bond acceptors (Lipinski definition) is 3. The highest BCUT2D eigenvalue weighted by atomic mass is 16.2. The number of piperazine rings is 1. The van der Waals surface area contributed by atoms with E-state index in [2.05, 4.69) is 10.2 Å². The summed E-state index contributed by atoms with van der Waals surface area (Å²) >= 11 is 0. The van der Waals surface area contributed by atoms with Gasteiger partial charge in [0.05, 0.1) is 5.92 Å². The molecule has 1 saturated heterocycles. The van der Waals surface area contributed by atoms with E-state index in [-0.39, 0.29) is 17.7 Å². The molecule has 0 bridgehead atoms. The van der Waals surface area contributed by atoms with Crippen molar-refractivity contribution in [1.29, 1.82) is 0 Å². The molecule has 0 aromatic heterocycles. The third-order valence-electron chi connectivity index (χ3n) is 5.76. The SMILES string of the molecule is CC(=O)N1CCN(c2ccc(NC(=O)C(c3ccccc3)C3CC3)cc2)CC1. The molecule has 2 aromatic rings. The number of amides is 2. The molecule has 2 aliphatic rings. The van der Waals surface area contributed by atoms with Crippen molar-refractivity contribution < 1.29 is 9.59 Å². The number of carbonyl (C=O) groups is 2. The monoisotopic (exact) mass is 377 g/mol. The molecule has 1 aliphatic carbocycles. The fourth-order valence-corrected chi connectivity index (χ4v) is 3.98. The Morgan fingerprint density at radius 1 is 0.929 bits per heavy atom. The first-order valence-corrected chi connectivity index (χ1v) is 10.1. The average molecular weight is 377 g/mol. The van der Waals surface area contributed by atoms with Gasteiger partial charge in [-0.25, -0.2) is 0 Å². The van der Waals surface area contributed by atoms with E-state index in [1.54, 1.807) is 6.92 Å². The second-order valence-corrected chi connectivity index (χ2v) is 7.76. The molecule has 146 valence electrons. The summed E-state index contributed by atoms with van der Waals surface area (Å²) in [6.07, 6.45) is 2.25. The van der Waals surface area contributed by atoms with E-state index < -0.39 is 0 Å². The highest BCUT2D eigenvalue weighted by Gasteiger charge is 2.37. The van der Waals surface area contributed by atoms with Gasteiger partial charge in [-0.1, -0.05) is 30.3 Å². The second-order valence-electron chi connectivity index (χ2n) is 7.76. The molecule has 0 radical (unpaired) electrons. The molecule has 0 spiro atoms. The van der Waals surface area contributed by atoms with E-state index in [9.17, 15) is 9.59 Å². The number of rotatable bonds is 5. The van der Waals surface area contributed by atoms with Gasteiger partial charge in [-0.3, -0.25) is 9.59 Å². The molecular formula is C23H27N3O2. The number of anilines is 2. The van der Waals surface area contributed by atoms with E-state index in [0.717, 1.165) is 56.0 Å². The van der Waals surface area contributed by atoms with Gasteiger partial charge in [0.15, 0.2) is 0 Å². The van der Waals surface area contributed by atoms with Crippen molar-refractivity contribution in [3.05, 3.63) is 60.2 Å². The van der Waals surface area contributed by atoms with Crippen LogP contribution in [0.1, 0.15) is 31.2 Å². The first kappa shape index (κ1) is 18.5. The first-order valence-electron chi connectivity index (χ1n) is 10.1. The molecule has 1 heterocycles. The molecule has 2 aromatic carbocycles. The van der Waals surface area contributed by atoms with E-state index in [4.69, 9.17) is 0 Å². The summed E-state index contributed by atoms with van der Waals surface area (Å²) in [4.78, 5) is 28.5. The van der Waals surface area contributed by atoms with Crippen molar-refractivity contribution in [1.82, 2.24) is 4.90 Å². The van der Waals surface area contributed by atoms with E-state index in [1.807, 2.05) is 59.5 Å². The Morgan fingerprint density at radius 3 is 2.14 bits per heavy atom. The van der Waals surface area contributed by atoms with Crippen LogP contribution in [0.4, 0.5) is 11.4 Å². The number of benzene rings is 2. The Balaban J connectivity index is 1.39. The molecule has 2 amide bonds. The van der Waals surface area contributed by atoms with Crippen molar-refractivity contribution in [2.75, 3.05) is 36.4 Å². The zero-order valence-corrected chi connectivity index (χ0v) is 16.3. The van der Waals surface area contributed by atoms with Gasteiger partial charge < -0.3 is 15.1 Å². The normalized spacial score (nSPS) is 17.9. The Kier molecular flexibility index (Phi) is 5.33. The minimum absolute atomic E-state index is 0.0689. The van der Waals surface area contributed by atoms with Crippen molar-refractivity contribution >= 4 is 23.2 Å². The summed E-state index contributed by atoms with van der Waals surface area (Å²) in [5.41, 5.74) is 3.06. The Morgan fingerprint density at radius 2 is 1.57 bits per heavy atom. The van der Waals surface area contributed by atoms with Gasteiger partial charge in [0.25, 0.3) is 0 Å². The number of nitrogens with zero attached hydrogens (tertiary/aromatic N) is 2. The van der Waals surface area contributed by atoms with Gasteiger partial charge in [0.2, 0.25) is 11.8 Å². The summed E-state index contributed by atoms with van der Waals surface area (Å²) in [6, 6.07) is 18.1. The molecular weight excluding hydrogens is 350 g/mol. The lowest BCUT2D eigenvalue weighted by molar-refractivity contribution is -0.129. The van der Waals surface area contributed by atoms with Crippen LogP contribution < -0.4 is 10.2 Å². The molecule has 5 heteroatoms. The molecule has 5 nitrogen and oxygen atoms in total. The zero-order chi connectivity index (χ0) is 19.5. The average Bonchev–Trinajstić information content (AvgIpc) is 3.55. The third-order valence-corrected chi connectivity index (χ3v) is 5.76. The highest BCUT2D eigenvalue weighted by molar-refractivity contribution is 5.96. The van der Waals surface area contributed by atoms with Crippen LogP contribution in [0.5, 0.6) is 0 Å². The topological polar surface area (TPSA) is 52.7 Å². The van der Waals surface area contributed by atoms with Crippen LogP contribution in [0.15, 0.2) is 54.6 Å². The molecule has 28 heavy (non-hydrogen) atoms. The quantitative estimate of drug-likeness (QED) is 0.868. The maximum atomic E-state index is 12.9. The smallest absolute Gasteiger partial charge is 0.232 e. The summed E-state index contributed by atoms with van der Waals surface area (Å²) in [5, 5.41) is 3.10. The maximum absolute atomic E-state index is 12.9. The molecule has 1 unspecified atom stereocenters. The molecule has 2 fully saturated rings. The second kappa shape index (κ2) is 8.05. The van der Waals surface area contributed by atoms with Gasteiger partial charge in [-0.05, 0) is 48.6 Å². The van der Waals surface area contributed by atoms with E-state index in [1.165, 1.54) is 0 Å². The Hall–Kier alpha value is -2.82. The molecule has 1 aliphatic heterocycles. The van der Waals surface area contributed by atoms with Crippen LogP contribution >= 0.6 is 0 Å². The largest absolute Gasteiger partial charge is 0.368 e. The summed E-state index contributed by atoms with van der Waals surface area (Å²) in [7, 11) is 0. The molecule has 4 rings (SSSR count). The number of hydrogen-bond donors (Lipinski definition) is 1. The van der Waals surface area contributed by atoms with Crippen molar-refractivity contribution in [2.24, 2.45) is 5.92 Å². The lowest BCUT2D eigenvalue weighted by Crippen LogP contribution is -2.48. The molecule has 1 saturated carbocycles.